The first-order chi connectivity index (χ1) is 17.8. The molecule has 6 nitrogen and oxygen atoms in total. The SMILES string of the molecule is CCC(O)COc1ccc(N2CCN(c3ccc(OCc4ccc(OC(F)(F)F)cc4)cc3)CC2)cc1. The molecule has 3 aromatic rings. The lowest BCUT2D eigenvalue weighted by Crippen LogP contribution is -2.46. The average molecular weight is 517 g/mol. The molecular formula is C28H31F3N2O4. The maximum Gasteiger partial charge on any atom is 0.573 e. The van der Waals surface area contributed by atoms with Crippen molar-refractivity contribution in [3.05, 3.63) is 78.4 Å². The van der Waals surface area contributed by atoms with Gasteiger partial charge in [-0.25, -0.2) is 0 Å². The van der Waals surface area contributed by atoms with Crippen molar-refractivity contribution in [3.8, 4) is 17.2 Å². The number of aliphatic hydroxyl groups is 1. The van der Waals surface area contributed by atoms with E-state index in [0.29, 0.717) is 18.8 Å². The molecule has 1 fully saturated rings. The van der Waals surface area contributed by atoms with Crippen LogP contribution in [-0.2, 0) is 6.61 Å². The Bertz CT molecular complexity index is 1100. The van der Waals surface area contributed by atoms with E-state index < -0.39 is 12.5 Å². The summed E-state index contributed by atoms with van der Waals surface area (Å²) in [6, 6.07) is 21.4. The van der Waals surface area contributed by atoms with Crippen LogP contribution in [-0.4, -0.2) is 50.4 Å². The standard InChI is InChI=1S/C28H31F3N2O4/c1-2-24(34)20-36-26-13-7-23(8-14-26)33-17-15-32(16-18-33)22-5-11-25(12-6-22)35-19-21-3-9-27(10-4-21)37-28(29,30)31/h3-14,24,34H,2,15-20H2,1H3. The minimum absolute atomic E-state index is 0.243. The fourth-order valence-electron chi connectivity index (χ4n) is 3.99. The van der Waals surface area contributed by atoms with Gasteiger partial charge < -0.3 is 29.1 Å². The summed E-state index contributed by atoms with van der Waals surface area (Å²) in [7, 11) is 0. The van der Waals surface area contributed by atoms with Crippen LogP contribution >= 0.6 is 0 Å². The van der Waals surface area contributed by atoms with Crippen LogP contribution in [0.2, 0.25) is 0 Å². The van der Waals surface area contributed by atoms with Gasteiger partial charge >= 0.3 is 6.36 Å². The zero-order chi connectivity index (χ0) is 26.3. The van der Waals surface area contributed by atoms with Gasteiger partial charge in [0.1, 0.15) is 30.5 Å². The fourth-order valence-corrected chi connectivity index (χ4v) is 3.99. The zero-order valence-electron chi connectivity index (χ0n) is 20.7. The number of nitrogens with zero attached hydrogens (tertiary/aromatic N) is 2. The fraction of sp³-hybridized carbons (Fsp3) is 0.357. The number of ether oxygens (including phenoxy) is 3. The summed E-state index contributed by atoms with van der Waals surface area (Å²) in [6.45, 7) is 6.01. The van der Waals surface area contributed by atoms with Crippen molar-refractivity contribution in [1.82, 2.24) is 0 Å². The third-order valence-corrected chi connectivity index (χ3v) is 6.16. The topological polar surface area (TPSA) is 54.4 Å². The van der Waals surface area contributed by atoms with Gasteiger partial charge in [-0.05, 0) is 72.6 Å². The van der Waals surface area contributed by atoms with Crippen molar-refractivity contribution in [2.45, 2.75) is 32.4 Å². The van der Waals surface area contributed by atoms with Crippen LogP contribution in [0.1, 0.15) is 18.9 Å². The van der Waals surface area contributed by atoms with Crippen molar-refractivity contribution in [2.75, 3.05) is 42.6 Å². The highest BCUT2D eigenvalue weighted by Gasteiger charge is 2.31. The Kier molecular flexibility index (Phi) is 8.66. The van der Waals surface area contributed by atoms with Crippen molar-refractivity contribution in [2.24, 2.45) is 0 Å². The molecule has 0 saturated carbocycles. The predicted molar refractivity (Wildman–Crippen MR) is 137 cm³/mol. The summed E-state index contributed by atoms with van der Waals surface area (Å²) in [5, 5.41) is 9.64. The highest BCUT2D eigenvalue weighted by molar-refractivity contribution is 5.54. The van der Waals surface area contributed by atoms with Crippen molar-refractivity contribution in [3.63, 3.8) is 0 Å². The van der Waals surface area contributed by atoms with E-state index in [0.717, 1.165) is 48.9 Å². The maximum atomic E-state index is 12.3. The molecule has 0 amide bonds. The summed E-state index contributed by atoms with van der Waals surface area (Å²) < 4.78 is 52.1. The van der Waals surface area contributed by atoms with E-state index in [1.807, 2.05) is 55.5 Å². The molecule has 0 spiro atoms. The van der Waals surface area contributed by atoms with E-state index in [-0.39, 0.29) is 12.4 Å². The number of alkyl halides is 3. The maximum absolute atomic E-state index is 12.3. The van der Waals surface area contributed by atoms with Crippen molar-refractivity contribution < 1.29 is 32.5 Å². The molecule has 0 aromatic heterocycles. The second-order valence-corrected chi connectivity index (χ2v) is 8.82. The molecule has 0 radical (unpaired) electrons. The van der Waals surface area contributed by atoms with Gasteiger partial charge in [0.25, 0.3) is 0 Å². The summed E-state index contributed by atoms with van der Waals surface area (Å²) in [5.74, 6) is 1.19. The third kappa shape index (κ3) is 7.95. The lowest BCUT2D eigenvalue weighted by atomic mass is 10.2. The van der Waals surface area contributed by atoms with E-state index in [9.17, 15) is 18.3 Å². The molecule has 0 aliphatic carbocycles. The first-order valence-corrected chi connectivity index (χ1v) is 12.3. The Labute approximate surface area is 214 Å². The number of anilines is 2. The van der Waals surface area contributed by atoms with Crippen LogP contribution in [0.3, 0.4) is 0 Å². The summed E-state index contributed by atoms with van der Waals surface area (Å²) in [5.41, 5.74) is 3.00. The normalized spacial score (nSPS) is 14.8. The van der Waals surface area contributed by atoms with Crippen molar-refractivity contribution in [1.29, 1.82) is 0 Å². The Hall–Kier alpha value is -3.59. The van der Waals surface area contributed by atoms with Gasteiger partial charge in [-0.1, -0.05) is 19.1 Å². The second kappa shape index (κ2) is 12.1. The second-order valence-electron chi connectivity index (χ2n) is 8.82. The monoisotopic (exact) mass is 516 g/mol. The van der Waals surface area contributed by atoms with Crippen molar-refractivity contribution >= 4 is 11.4 Å². The molecule has 1 saturated heterocycles. The molecule has 1 aliphatic heterocycles. The van der Waals surface area contributed by atoms with E-state index in [2.05, 4.69) is 14.5 Å². The molecule has 37 heavy (non-hydrogen) atoms. The summed E-state index contributed by atoms with van der Waals surface area (Å²) in [6.07, 6.45) is -4.48. The van der Waals surface area contributed by atoms with Gasteiger partial charge in [-0.3, -0.25) is 0 Å². The third-order valence-electron chi connectivity index (χ3n) is 6.16. The molecule has 198 valence electrons. The van der Waals surface area contributed by atoms with Crippen LogP contribution in [0, 0.1) is 0 Å². The van der Waals surface area contributed by atoms with Gasteiger partial charge in [0.15, 0.2) is 0 Å². The first kappa shape index (κ1) is 26.5. The summed E-state index contributed by atoms with van der Waals surface area (Å²) in [4.78, 5) is 4.66. The van der Waals surface area contributed by atoms with E-state index >= 15 is 0 Å². The molecule has 4 rings (SSSR count). The quantitative estimate of drug-likeness (QED) is 0.377. The highest BCUT2D eigenvalue weighted by atomic mass is 19.4. The minimum Gasteiger partial charge on any atom is -0.491 e. The minimum atomic E-state index is -4.70. The van der Waals surface area contributed by atoms with Crippen LogP contribution in [0.25, 0.3) is 0 Å². The molecule has 0 bridgehead atoms. The van der Waals surface area contributed by atoms with Gasteiger partial charge in [-0.15, -0.1) is 13.2 Å². The number of hydrogen-bond acceptors (Lipinski definition) is 6. The molecule has 9 heteroatoms. The highest BCUT2D eigenvalue weighted by Crippen LogP contribution is 2.26. The zero-order valence-corrected chi connectivity index (χ0v) is 20.7. The average Bonchev–Trinajstić information content (AvgIpc) is 2.91. The van der Waals surface area contributed by atoms with Gasteiger partial charge in [-0.2, -0.15) is 0 Å². The van der Waals surface area contributed by atoms with Gasteiger partial charge in [0.05, 0.1) is 6.10 Å². The van der Waals surface area contributed by atoms with Crippen LogP contribution in [0.4, 0.5) is 24.5 Å². The molecule has 1 aliphatic rings. The van der Waals surface area contributed by atoms with Gasteiger partial charge in [0.2, 0.25) is 0 Å². The van der Waals surface area contributed by atoms with E-state index in [1.165, 1.54) is 12.1 Å². The molecule has 1 atom stereocenters. The number of rotatable bonds is 10. The van der Waals surface area contributed by atoms with Crippen LogP contribution in [0.15, 0.2) is 72.8 Å². The number of benzene rings is 3. The summed E-state index contributed by atoms with van der Waals surface area (Å²) >= 11 is 0. The number of halogens is 3. The molecular weight excluding hydrogens is 485 g/mol. The lowest BCUT2D eigenvalue weighted by molar-refractivity contribution is -0.274. The largest absolute Gasteiger partial charge is 0.573 e. The Balaban J connectivity index is 1.23. The van der Waals surface area contributed by atoms with E-state index in [1.54, 1.807) is 12.1 Å². The van der Waals surface area contributed by atoms with Crippen LogP contribution < -0.4 is 24.0 Å². The van der Waals surface area contributed by atoms with E-state index in [4.69, 9.17) is 9.47 Å². The number of aliphatic hydroxyl groups excluding tert-OH is 1. The molecule has 1 unspecified atom stereocenters. The van der Waals surface area contributed by atoms with Gasteiger partial charge in [0, 0.05) is 37.6 Å². The lowest BCUT2D eigenvalue weighted by Gasteiger charge is -2.37. The smallest absolute Gasteiger partial charge is 0.491 e. The molecule has 1 N–H and O–H groups in total. The Morgan fingerprint density at radius 2 is 1.19 bits per heavy atom. The predicted octanol–water partition coefficient (Wildman–Crippen LogP) is 5.64. The Morgan fingerprint density at radius 1 is 0.730 bits per heavy atom. The number of piperazine rings is 1. The first-order valence-electron chi connectivity index (χ1n) is 12.3. The number of hydrogen-bond donors (Lipinski definition) is 1. The molecule has 1 heterocycles. The molecule has 3 aromatic carbocycles. The Morgan fingerprint density at radius 3 is 1.65 bits per heavy atom. The van der Waals surface area contributed by atoms with Crippen LogP contribution in [0.5, 0.6) is 17.2 Å².